The maximum Gasteiger partial charge on any atom is 0.416 e. The Bertz CT molecular complexity index is 1590. The molecule has 3 rings (SSSR count). The molecule has 232 valence electrons. The number of amides is 1. The van der Waals surface area contributed by atoms with Crippen LogP contribution in [0.3, 0.4) is 0 Å². The molecule has 0 fully saturated rings. The topological polar surface area (TPSA) is 145 Å². The minimum absolute atomic E-state index is 0.0893. The molecular formula is C28H19F6NO9. The minimum atomic E-state index is -4.90. The normalized spacial score (nSPS) is 12.8. The van der Waals surface area contributed by atoms with E-state index in [0.29, 0.717) is 24.3 Å². The number of halogens is 6. The van der Waals surface area contributed by atoms with E-state index in [4.69, 9.17) is 9.47 Å². The molecule has 16 heteroatoms. The summed E-state index contributed by atoms with van der Waals surface area (Å²) in [4.78, 5) is 62.7. The lowest BCUT2D eigenvalue weighted by atomic mass is 10.1. The first-order valence-electron chi connectivity index (χ1n) is 12.0. The van der Waals surface area contributed by atoms with Gasteiger partial charge in [0.05, 0.1) is 34.9 Å². The summed E-state index contributed by atoms with van der Waals surface area (Å²) in [6.45, 7) is 0. The molecular weight excluding hydrogens is 608 g/mol. The molecule has 0 unspecified atom stereocenters. The number of carbonyl (C=O) groups is 5. The van der Waals surface area contributed by atoms with Crippen molar-refractivity contribution in [3.63, 3.8) is 0 Å². The predicted molar refractivity (Wildman–Crippen MR) is 135 cm³/mol. The zero-order valence-electron chi connectivity index (χ0n) is 22.1. The van der Waals surface area contributed by atoms with Gasteiger partial charge in [-0.15, -0.1) is 0 Å². The molecule has 2 atom stereocenters. The third-order valence-corrected chi connectivity index (χ3v) is 5.65. The number of carbonyl (C=O) groups excluding carboxylic acids is 4. The number of aliphatic carboxylic acids is 1. The van der Waals surface area contributed by atoms with Crippen molar-refractivity contribution < 1.29 is 69.6 Å². The van der Waals surface area contributed by atoms with Gasteiger partial charge in [0, 0.05) is 5.69 Å². The molecule has 44 heavy (non-hydrogen) atoms. The summed E-state index contributed by atoms with van der Waals surface area (Å²) in [5.41, 5.74) is -4.44. The summed E-state index contributed by atoms with van der Waals surface area (Å²) in [5, 5.41) is 11.9. The van der Waals surface area contributed by atoms with Crippen LogP contribution >= 0.6 is 0 Å². The van der Waals surface area contributed by atoms with Gasteiger partial charge in [-0.2, -0.15) is 26.3 Å². The fourth-order valence-electron chi connectivity index (χ4n) is 3.56. The van der Waals surface area contributed by atoms with E-state index >= 15 is 0 Å². The van der Waals surface area contributed by atoms with Crippen molar-refractivity contribution in [3.05, 3.63) is 101 Å². The molecule has 1 amide bonds. The van der Waals surface area contributed by atoms with E-state index in [1.807, 2.05) is 0 Å². The van der Waals surface area contributed by atoms with Gasteiger partial charge in [0.15, 0.2) is 0 Å². The van der Waals surface area contributed by atoms with E-state index in [9.17, 15) is 55.4 Å². The number of methoxy groups -OCH3 is 1. The second kappa shape index (κ2) is 13.3. The fourth-order valence-corrected chi connectivity index (χ4v) is 3.56. The van der Waals surface area contributed by atoms with Gasteiger partial charge in [0.25, 0.3) is 5.91 Å². The Kier molecular flexibility index (Phi) is 9.98. The summed E-state index contributed by atoms with van der Waals surface area (Å²) in [5.74, 6) is -7.79. The van der Waals surface area contributed by atoms with Gasteiger partial charge >= 0.3 is 36.2 Å². The lowest BCUT2D eigenvalue weighted by molar-refractivity contribution is -0.157. The number of hydrogen-bond donors (Lipinski definition) is 2. The van der Waals surface area contributed by atoms with Crippen LogP contribution in [0.15, 0.2) is 72.8 Å². The van der Waals surface area contributed by atoms with Crippen LogP contribution in [-0.4, -0.2) is 54.2 Å². The molecule has 0 aliphatic rings. The van der Waals surface area contributed by atoms with Crippen molar-refractivity contribution >= 4 is 35.5 Å². The summed E-state index contributed by atoms with van der Waals surface area (Å²) < 4.78 is 93.1. The standard InChI is InChI=1S/C28H19F6NO9/c1-42-24(39)16-7-4-10-19(13-16)35-22(36)20(43-25(40)14-5-2-8-17(11-14)27(29,30)31)21(23(37)38)44-26(41)15-6-3-9-18(12-15)28(32,33)34/h2-13,20-21H,1H3,(H,35,36)(H,37,38)/t20-,21+/m0/s1. The van der Waals surface area contributed by atoms with E-state index in [1.54, 1.807) is 0 Å². The van der Waals surface area contributed by atoms with E-state index < -0.39 is 76.6 Å². The summed E-state index contributed by atoms with van der Waals surface area (Å²) in [6, 6.07) is 10.1. The van der Waals surface area contributed by atoms with E-state index in [2.05, 4.69) is 10.1 Å². The van der Waals surface area contributed by atoms with Crippen LogP contribution in [0.2, 0.25) is 0 Å². The molecule has 0 spiro atoms. The average Bonchev–Trinajstić information content (AvgIpc) is 2.97. The van der Waals surface area contributed by atoms with Crippen molar-refractivity contribution in [3.8, 4) is 0 Å². The molecule has 0 aliphatic carbocycles. The number of hydrogen-bond acceptors (Lipinski definition) is 8. The molecule has 0 aromatic heterocycles. The van der Waals surface area contributed by atoms with Crippen LogP contribution in [0.1, 0.15) is 42.2 Å². The van der Waals surface area contributed by atoms with Crippen LogP contribution in [-0.2, 0) is 36.2 Å². The molecule has 0 saturated carbocycles. The quantitative estimate of drug-likeness (QED) is 0.191. The second-order valence-corrected chi connectivity index (χ2v) is 8.71. The number of benzene rings is 3. The largest absolute Gasteiger partial charge is 0.478 e. The van der Waals surface area contributed by atoms with Gasteiger partial charge in [-0.3, -0.25) is 4.79 Å². The van der Waals surface area contributed by atoms with Crippen LogP contribution in [0.25, 0.3) is 0 Å². The molecule has 3 aromatic rings. The van der Waals surface area contributed by atoms with Crippen molar-refractivity contribution in [1.29, 1.82) is 0 Å². The monoisotopic (exact) mass is 627 g/mol. The van der Waals surface area contributed by atoms with Gasteiger partial charge in [0.2, 0.25) is 12.2 Å². The lowest BCUT2D eigenvalue weighted by Crippen LogP contribution is -2.48. The maximum atomic E-state index is 13.2. The first-order valence-corrected chi connectivity index (χ1v) is 12.0. The maximum absolute atomic E-state index is 13.2. The van der Waals surface area contributed by atoms with Crippen molar-refractivity contribution in [2.45, 2.75) is 24.6 Å². The number of anilines is 1. The van der Waals surface area contributed by atoms with E-state index in [0.717, 1.165) is 37.4 Å². The predicted octanol–water partition coefficient (Wildman–Crippen LogP) is 4.99. The van der Waals surface area contributed by atoms with Crippen LogP contribution < -0.4 is 5.32 Å². The highest BCUT2D eigenvalue weighted by molar-refractivity contribution is 6.02. The molecule has 0 bridgehead atoms. The molecule has 10 nitrogen and oxygen atoms in total. The van der Waals surface area contributed by atoms with Crippen LogP contribution in [0.5, 0.6) is 0 Å². The SMILES string of the molecule is COC(=O)c1cccc(NC(=O)[C@@H](OC(=O)c2cccc(C(F)(F)F)c2)[C@@H](OC(=O)c2cccc(C(F)(F)F)c2)C(=O)O)c1. The van der Waals surface area contributed by atoms with Gasteiger partial charge in [-0.1, -0.05) is 18.2 Å². The van der Waals surface area contributed by atoms with E-state index in [-0.39, 0.29) is 11.3 Å². The summed E-state index contributed by atoms with van der Waals surface area (Å²) >= 11 is 0. The zero-order chi connectivity index (χ0) is 32.8. The highest BCUT2D eigenvalue weighted by Crippen LogP contribution is 2.31. The first kappa shape index (κ1) is 33.1. The second-order valence-electron chi connectivity index (χ2n) is 8.71. The van der Waals surface area contributed by atoms with Gasteiger partial charge in [-0.25, -0.2) is 19.2 Å². The van der Waals surface area contributed by atoms with Crippen LogP contribution in [0.4, 0.5) is 32.0 Å². The highest BCUT2D eigenvalue weighted by Gasteiger charge is 2.42. The number of rotatable bonds is 9. The fraction of sp³-hybridized carbons (Fsp3) is 0.179. The highest BCUT2D eigenvalue weighted by atomic mass is 19.4. The number of esters is 3. The number of alkyl halides is 6. The third kappa shape index (κ3) is 8.33. The van der Waals surface area contributed by atoms with Gasteiger partial charge in [0.1, 0.15) is 0 Å². The average molecular weight is 627 g/mol. The number of nitrogens with one attached hydrogen (secondary N) is 1. The van der Waals surface area contributed by atoms with Crippen molar-refractivity contribution in [1.82, 2.24) is 0 Å². The van der Waals surface area contributed by atoms with Gasteiger partial charge in [-0.05, 0) is 54.6 Å². The Hall–Kier alpha value is -5.41. The smallest absolute Gasteiger partial charge is 0.416 e. The van der Waals surface area contributed by atoms with Crippen molar-refractivity contribution in [2.75, 3.05) is 12.4 Å². The van der Waals surface area contributed by atoms with Gasteiger partial charge < -0.3 is 24.6 Å². The Morgan fingerprint density at radius 1 is 0.659 bits per heavy atom. The third-order valence-electron chi connectivity index (χ3n) is 5.65. The molecule has 0 heterocycles. The Morgan fingerprint density at radius 2 is 1.09 bits per heavy atom. The Morgan fingerprint density at radius 3 is 1.52 bits per heavy atom. The molecule has 3 aromatic carbocycles. The molecule has 0 aliphatic heterocycles. The number of ether oxygens (including phenoxy) is 3. The number of carboxylic acids is 1. The Balaban J connectivity index is 2.00. The van der Waals surface area contributed by atoms with Crippen molar-refractivity contribution in [2.24, 2.45) is 0 Å². The molecule has 2 N–H and O–H groups in total. The van der Waals surface area contributed by atoms with Crippen LogP contribution in [0, 0.1) is 0 Å². The number of carboxylic acid groups (broad SMARTS) is 1. The molecule has 0 radical (unpaired) electrons. The van der Waals surface area contributed by atoms with E-state index in [1.165, 1.54) is 18.2 Å². The summed E-state index contributed by atoms with van der Waals surface area (Å²) in [7, 11) is 1.06. The zero-order valence-corrected chi connectivity index (χ0v) is 22.1. The minimum Gasteiger partial charge on any atom is -0.478 e. The lowest BCUT2D eigenvalue weighted by Gasteiger charge is -2.24. The molecule has 0 saturated heterocycles. The Labute approximate surface area is 243 Å². The summed E-state index contributed by atoms with van der Waals surface area (Å²) in [6.07, 6.45) is -15.1. The first-order chi connectivity index (χ1) is 20.5.